The lowest BCUT2D eigenvalue weighted by Gasteiger charge is -2.08. The molecule has 0 fully saturated rings. The maximum absolute atomic E-state index is 10.8. The minimum atomic E-state index is -0.368. The molecule has 3 rings (SSSR count). The number of hydrogen-bond donors (Lipinski definition) is 1. The van der Waals surface area contributed by atoms with Crippen molar-refractivity contribution in [3.63, 3.8) is 0 Å². The lowest BCUT2D eigenvalue weighted by Crippen LogP contribution is -2.02. The average molecular weight is 530 g/mol. The van der Waals surface area contributed by atoms with Crippen LogP contribution in [0, 0.1) is 5.41 Å². The van der Waals surface area contributed by atoms with E-state index in [0.717, 1.165) is 61.0 Å². The zero-order valence-electron chi connectivity index (χ0n) is 23.0. The number of benzene rings is 3. The summed E-state index contributed by atoms with van der Waals surface area (Å²) in [6, 6.07) is 21.6. The molecule has 6 heteroatoms. The molecule has 0 heterocycles. The lowest BCUT2D eigenvalue weighted by atomic mass is 10.0. The van der Waals surface area contributed by atoms with Crippen LogP contribution in [0.4, 0.5) is 0 Å². The number of hydrogen-bond acceptors (Lipinski definition) is 6. The molecule has 0 amide bonds. The summed E-state index contributed by atoms with van der Waals surface area (Å²) < 4.78 is 15.7. The molecular formula is C33H39NO5. The van der Waals surface area contributed by atoms with Crippen LogP contribution in [0.15, 0.2) is 79.4 Å². The van der Waals surface area contributed by atoms with Gasteiger partial charge in [0.15, 0.2) is 0 Å². The Hall–Kier alpha value is -4.19. The highest BCUT2D eigenvalue weighted by Crippen LogP contribution is 2.26. The van der Waals surface area contributed by atoms with Crippen molar-refractivity contribution < 1.29 is 23.8 Å². The third-order valence-corrected chi connectivity index (χ3v) is 5.95. The molecule has 0 aliphatic rings. The summed E-state index contributed by atoms with van der Waals surface area (Å²) >= 11 is 0. The van der Waals surface area contributed by atoms with E-state index in [1.807, 2.05) is 18.2 Å². The first-order chi connectivity index (χ1) is 19.0. The topological polar surface area (TPSA) is 85.7 Å². The van der Waals surface area contributed by atoms with Gasteiger partial charge in [-0.3, -0.25) is 4.79 Å². The normalized spacial score (nSPS) is 10.0. The maximum Gasteiger partial charge on any atom is 0.330 e. The summed E-state index contributed by atoms with van der Waals surface area (Å²) in [5.74, 6) is 1.14. The molecule has 3 aromatic rings. The van der Waals surface area contributed by atoms with Crippen LogP contribution in [0.25, 0.3) is 11.1 Å². The van der Waals surface area contributed by atoms with Crippen LogP contribution in [-0.2, 0) is 16.0 Å². The molecule has 1 N–H and O–H groups in total. The van der Waals surface area contributed by atoms with Gasteiger partial charge < -0.3 is 19.6 Å². The molecule has 206 valence electrons. The van der Waals surface area contributed by atoms with E-state index in [-0.39, 0.29) is 5.97 Å². The first kappa shape index (κ1) is 31.0. The van der Waals surface area contributed by atoms with Crippen LogP contribution in [0.1, 0.15) is 60.5 Å². The monoisotopic (exact) mass is 529 g/mol. The van der Waals surface area contributed by atoms with Crippen molar-refractivity contribution in [3.8, 4) is 22.6 Å². The van der Waals surface area contributed by atoms with Gasteiger partial charge in [0.1, 0.15) is 17.8 Å². The molecule has 0 aromatic heterocycles. The molecule has 0 aliphatic heterocycles. The number of methoxy groups -OCH3 is 1. The number of rotatable bonds is 15. The van der Waals surface area contributed by atoms with E-state index in [4.69, 9.17) is 19.6 Å². The van der Waals surface area contributed by atoms with Crippen molar-refractivity contribution in [2.24, 2.45) is 0 Å². The van der Waals surface area contributed by atoms with Crippen molar-refractivity contribution >= 4 is 18.5 Å². The third-order valence-electron chi connectivity index (χ3n) is 5.95. The fourth-order valence-electron chi connectivity index (χ4n) is 3.80. The van der Waals surface area contributed by atoms with E-state index in [1.165, 1.54) is 29.8 Å². The average Bonchev–Trinajstić information content (AvgIpc) is 2.99. The zero-order valence-corrected chi connectivity index (χ0v) is 23.0. The van der Waals surface area contributed by atoms with Gasteiger partial charge in [-0.25, -0.2) is 4.79 Å². The Bertz CT molecular complexity index is 1170. The van der Waals surface area contributed by atoms with Gasteiger partial charge in [-0.2, -0.15) is 0 Å². The molecule has 0 bridgehead atoms. The predicted octanol–water partition coefficient (Wildman–Crippen LogP) is 7.48. The summed E-state index contributed by atoms with van der Waals surface area (Å²) in [6.45, 7) is 6.61. The minimum absolute atomic E-state index is 0.368. The van der Waals surface area contributed by atoms with Crippen molar-refractivity contribution in [2.75, 3.05) is 20.3 Å². The van der Waals surface area contributed by atoms with Crippen LogP contribution >= 0.6 is 0 Å². The minimum Gasteiger partial charge on any atom is -0.496 e. The second-order valence-corrected chi connectivity index (χ2v) is 8.87. The molecule has 0 saturated heterocycles. The lowest BCUT2D eigenvalue weighted by molar-refractivity contribution is -0.137. The Balaban J connectivity index is 0.000000274. The highest BCUT2D eigenvalue weighted by Gasteiger charge is 2.04. The quantitative estimate of drug-likeness (QED) is 0.0725. The molecule has 0 aliphatic carbocycles. The van der Waals surface area contributed by atoms with Gasteiger partial charge in [0.25, 0.3) is 0 Å². The summed E-state index contributed by atoms with van der Waals surface area (Å²) in [7, 11) is 1.63. The van der Waals surface area contributed by atoms with Crippen LogP contribution in [0.3, 0.4) is 0 Å². The molecule has 0 atom stereocenters. The molecule has 0 radical (unpaired) electrons. The number of unbranched alkanes of at least 4 members (excludes halogenated alkanes) is 3. The molecular weight excluding hydrogens is 490 g/mol. The van der Waals surface area contributed by atoms with E-state index in [2.05, 4.69) is 37.8 Å². The SMILES string of the molecule is C=CC(=O)OCCCCCCOc1ccc(C=O)cc1.CCCc1ccc(-c2ccc(OC)c(C=N)c2)cc1. The first-order valence-electron chi connectivity index (χ1n) is 13.3. The fraction of sp³-hybridized carbons (Fsp3) is 0.303. The first-order valence-corrected chi connectivity index (χ1v) is 13.3. The Labute approximate surface area is 232 Å². The number of nitrogens with one attached hydrogen (secondary N) is 1. The van der Waals surface area contributed by atoms with E-state index in [0.29, 0.717) is 18.8 Å². The van der Waals surface area contributed by atoms with E-state index < -0.39 is 0 Å². The molecule has 39 heavy (non-hydrogen) atoms. The summed E-state index contributed by atoms with van der Waals surface area (Å²) in [5.41, 5.74) is 5.10. The van der Waals surface area contributed by atoms with Crippen molar-refractivity contribution in [1.82, 2.24) is 0 Å². The van der Waals surface area contributed by atoms with Crippen LogP contribution in [-0.4, -0.2) is 38.8 Å². The maximum atomic E-state index is 10.8. The predicted molar refractivity (Wildman–Crippen MR) is 157 cm³/mol. The van der Waals surface area contributed by atoms with Crippen LogP contribution in [0.5, 0.6) is 11.5 Å². The van der Waals surface area contributed by atoms with Crippen molar-refractivity contribution in [2.45, 2.75) is 45.4 Å². The highest BCUT2D eigenvalue weighted by atomic mass is 16.5. The Morgan fingerprint density at radius 1 is 0.897 bits per heavy atom. The zero-order chi connectivity index (χ0) is 28.3. The van der Waals surface area contributed by atoms with Gasteiger partial charge in [0.2, 0.25) is 0 Å². The smallest absolute Gasteiger partial charge is 0.330 e. The van der Waals surface area contributed by atoms with Gasteiger partial charge in [-0.05, 0) is 85.2 Å². The Morgan fingerprint density at radius 2 is 1.56 bits per heavy atom. The Kier molecular flexibility index (Phi) is 14.4. The van der Waals surface area contributed by atoms with Crippen LogP contribution < -0.4 is 9.47 Å². The van der Waals surface area contributed by atoms with Gasteiger partial charge in [-0.15, -0.1) is 0 Å². The number of aryl methyl sites for hydroxylation is 1. The Morgan fingerprint density at radius 3 is 2.15 bits per heavy atom. The molecule has 0 saturated carbocycles. The number of carbonyl (C=O) groups excluding carboxylic acids is 2. The van der Waals surface area contributed by atoms with E-state index in [1.54, 1.807) is 31.4 Å². The van der Waals surface area contributed by atoms with Gasteiger partial charge in [0, 0.05) is 23.4 Å². The van der Waals surface area contributed by atoms with Gasteiger partial charge in [-0.1, -0.05) is 50.3 Å². The third kappa shape index (κ3) is 11.4. The van der Waals surface area contributed by atoms with Gasteiger partial charge >= 0.3 is 5.97 Å². The second kappa shape index (κ2) is 18.1. The van der Waals surface area contributed by atoms with Crippen molar-refractivity contribution in [1.29, 1.82) is 5.41 Å². The van der Waals surface area contributed by atoms with Crippen molar-refractivity contribution in [3.05, 3.63) is 96.1 Å². The number of ether oxygens (including phenoxy) is 3. The summed E-state index contributed by atoms with van der Waals surface area (Å²) in [4.78, 5) is 21.3. The van der Waals surface area contributed by atoms with E-state index in [9.17, 15) is 9.59 Å². The second-order valence-electron chi connectivity index (χ2n) is 8.87. The van der Waals surface area contributed by atoms with E-state index >= 15 is 0 Å². The highest BCUT2D eigenvalue weighted by molar-refractivity contribution is 5.84. The summed E-state index contributed by atoms with van der Waals surface area (Å²) in [5, 5.41) is 7.43. The largest absolute Gasteiger partial charge is 0.496 e. The van der Waals surface area contributed by atoms with Crippen LogP contribution in [0.2, 0.25) is 0 Å². The standard InChI is InChI=1S/C17H19NO.C16H20O4/c1-3-4-13-5-7-14(8-6-13)15-9-10-17(19-2)16(11-15)12-18;1-2-16(18)20-12-6-4-3-5-11-19-15-9-7-14(13-17)8-10-15/h5-12,18H,3-4H2,1-2H3;2,7-10,13H,1,3-6,11-12H2. The summed E-state index contributed by atoms with van der Waals surface area (Å²) in [6.07, 6.45) is 9.42. The number of carbonyl (C=O) groups is 2. The molecule has 3 aromatic carbocycles. The van der Waals surface area contributed by atoms with Gasteiger partial charge in [0.05, 0.1) is 20.3 Å². The molecule has 0 unspecified atom stereocenters. The molecule has 0 spiro atoms. The fourth-order valence-corrected chi connectivity index (χ4v) is 3.80. The molecule has 6 nitrogen and oxygen atoms in total. The number of aldehydes is 1. The number of esters is 1.